The molecule has 248 valence electrons. The molecule has 2 unspecified atom stereocenters. The summed E-state index contributed by atoms with van der Waals surface area (Å²) < 4.78 is 0. The fourth-order valence-electron chi connectivity index (χ4n) is 2.68. The van der Waals surface area contributed by atoms with Crippen molar-refractivity contribution in [3.63, 3.8) is 0 Å². The fourth-order valence-corrected chi connectivity index (χ4v) is 13.4. The highest BCUT2D eigenvalue weighted by molar-refractivity contribution is 8.17. The first-order chi connectivity index (χ1) is 21.2. The summed E-state index contributed by atoms with van der Waals surface area (Å²) >= 11 is 15.5. The summed E-state index contributed by atoms with van der Waals surface area (Å²) in [5, 5.41) is 0.747. The third kappa shape index (κ3) is 29.0. The van der Waals surface area contributed by atoms with E-state index in [4.69, 9.17) is 0 Å². The molecule has 0 saturated heterocycles. The first-order valence-corrected chi connectivity index (χ1v) is 24.0. The molecule has 0 N–H and O–H groups in total. The van der Waals surface area contributed by atoms with Crippen molar-refractivity contribution in [2.45, 2.75) is 16.9 Å². The molecule has 44 heavy (non-hydrogen) atoms. The predicted molar refractivity (Wildman–Crippen MR) is 217 cm³/mol. The molecular formula is C29H42O5S10. The summed E-state index contributed by atoms with van der Waals surface area (Å²) in [7, 11) is 0. The van der Waals surface area contributed by atoms with Crippen molar-refractivity contribution in [2.24, 2.45) is 0 Å². The maximum atomic E-state index is 12.3. The lowest BCUT2D eigenvalue weighted by Gasteiger charge is -2.15. The van der Waals surface area contributed by atoms with Gasteiger partial charge in [0.15, 0.2) is 5.12 Å². The summed E-state index contributed by atoms with van der Waals surface area (Å²) in [4.78, 5) is 58.4. The molecule has 0 aliphatic heterocycles. The van der Waals surface area contributed by atoms with E-state index in [0.29, 0.717) is 17.4 Å². The summed E-state index contributed by atoms with van der Waals surface area (Å²) in [6, 6.07) is 0. The third-order valence-electron chi connectivity index (χ3n) is 4.77. The van der Waals surface area contributed by atoms with E-state index in [-0.39, 0.29) is 30.8 Å². The first kappa shape index (κ1) is 44.8. The largest absolute Gasteiger partial charge is 0.287 e. The summed E-state index contributed by atoms with van der Waals surface area (Å²) in [5.74, 6) is 10.8. The van der Waals surface area contributed by atoms with Crippen LogP contribution >= 0.6 is 118 Å². The minimum Gasteiger partial charge on any atom is -0.287 e. The molecule has 0 amide bonds. The smallest absolute Gasteiger partial charge is 0.211 e. The van der Waals surface area contributed by atoms with Gasteiger partial charge in [-0.25, -0.2) is 0 Å². The second-order valence-corrected chi connectivity index (χ2v) is 19.9. The molecule has 0 rings (SSSR count). The SMILES string of the molecule is C=CC(=O)SCCSCC(CSC(=O)C=C)SCCSC(=O)CCSCCSCC(CSC(=O)C=C)SCCSC(=O)C=C. The lowest BCUT2D eigenvalue weighted by atomic mass is 10.5. The van der Waals surface area contributed by atoms with Crippen LogP contribution in [0.1, 0.15) is 6.42 Å². The Kier molecular flexibility index (Phi) is 33.0. The molecule has 0 aromatic heterocycles. The Balaban J connectivity index is 4.15. The van der Waals surface area contributed by atoms with Crippen LogP contribution in [0.5, 0.6) is 0 Å². The Labute approximate surface area is 306 Å². The van der Waals surface area contributed by atoms with Crippen LogP contribution in [0.15, 0.2) is 50.6 Å². The average molecular weight is 791 g/mol. The number of carbonyl (C=O) groups excluding carboxylic acids is 5. The predicted octanol–water partition coefficient (Wildman–Crippen LogP) is 7.82. The second kappa shape index (κ2) is 32.4. The maximum Gasteiger partial charge on any atom is 0.211 e. The summed E-state index contributed by atoms with van der Waals surface area (Å²) in [6.45, 7) is 14.0. The summed E-state index contributed by atoms with van der Waals surface area (Å²) in [5.41, 5.74) is 0. The van der Waals surface area contributed by atoms with E-state index in [9.17, 15) is 24.0 Å². The van der Waals surface area contributed by atoms with Crippen molar-refractivity contribution in [1.29, 1.82) is 0 Å². The molecule has 0 aromatic rings. The van der Waals surface area contributed by atoms with Gasteiger partial charge in [-0.2, -0.15) is 58.8 Å². The number of hydrogen-bond donors (Lipinski definition) is 0. The van der Waals surface area contributed by atoms with E-state index in [1.165, 1.54) is 83.1 Å². The van der Waals surface area contributed by atoms with Crippen molar-refractivity contribution in [2.75, 3.05) is 74.8 Å². The Morgan fingerprint density at radius 1 is 0.432 bits per heavy atom. The fraction of sp³-hybridized carbons (Fsp3) is 0.552. The molecule has 0 spiro atoms. The molecule has 0 radical (unpaired) electrons. The zero-order valence-corrected chi connectivity index (χ0v) is 33.0. The van der Waals surface area contributed by atoms with Crippen LogP contribution in [0.4, 0.5) is 0 Å². The molecule has 0 aliphatic carbocycles. The van der Waals surface area contributed by atoms with Gasteiger partial charge in [0.05, 0.1) is 0 Å². The van der Waals surface area contributed by atoms with Crippen molar-refractivity contribution in [3.8, 4) is 0 Å². The number of thioether (sulfide) groups is 10. The lowest BCUT2D eigenvalue weighted by Crippen LogP contribution is -2.13. The molecule has 15 heteroatoms. The van der Waals surface area contributed by atoms with E-state index in [1.807, 2.05) is 11.8 Å². The van der Waals surface area contributed by atoms with E-state index < -0.39 is 0 Å². The number of carbonyl (C=O) groups is 5. The molecule has 0 aliphatic rings. The monoisotopic (exact) mass is 790 g/mol. The second-order valence-electron chi connectivity index (χ2n) is 8.13. The highest BCUT2D eigenvalue weighted by atomic mass is 32.2. The molecule has 2 atom stereocenters. The van der Waals surface area contributed by atoms with Crippen LogP contribution in [0, 0.1) is 0 Å². The quantitative estimate of drug-likeness (QED) is 0.0545. The van der Waals surface area contributed by atoms with Gasteiger partial charge >= 0.3 is 0 Å². The minimum atomic E-state index is -0.0289. The van der Waals surface area contributed by atoms with Gasteiger partial charge in [-0.15, -0.1) is 0 Å². The Morgan fingerprint density at radius 3 is 1.30 bits per heavy atom. The Hall–Kier alpha value is 0.810. The molecule has 0 saturated carbocycles. The van der Waals surface area contributed by atoms with Gasteiger partial charge in [0.1, 0.15) is 0 Å². The molecule has 5 nitrogen and oxygen atoms in total. The zero-order chi connectivity index (χ0) is 32.8. The maximum absolute atomic E-state index is 12.3. The van der Waals surface area contributed by atoms with Crippen LogP contribution in [-0.4, -0.2) is 111 Å². The van der Waals surface area contributed by atoms with Gasteiger partial charge in [0.25, 0.3) is 0 Å². The molecular weight excluding hydrogens is 749 g/mol. The molecule has 0 bridgehead atoms. The van der Waals surface area contributed by atoms with Crippen LogP contribution in [0.2, 0.25) is 0 Å². The highest BCUT2D eigenvalue weighted by Crippen LogP contribution is 2.25. The normalized spacial score (nSPS) is 12.2. The number of hydrogen-bond acceptors (Lipinski definition) is 15. The van der Waals surface area contributed by atoms with Gasteiger partial charge in [-0.05, 0) is 24.3 Å². The summed E-state index contributed by atoms with van der Waals surface area (Å²) in [6.07, 6.45) is 5.90. The van der Waals surface area contributed by atoms with Crippen LogP contribution in [0.3, 0.4) is 0 Å². The minimum absolute atomic E-state index is 0.0125. The van der Waals surface area contributed by atoms with Gasteiger partial charge in [0.2, 0.25) is 20.5 Å². The van der Waals surface area contributed by atoms with Gasteiger partial charge in [-0.3, -0.25) is 24.0 Å². The van der Waals surface area contributed by atoms with E-state index in [1.54, 1.807) is 47.0 Å². The molecule has 0 heterocycles. The van der Waals surface area contributed by atoms with Crippen molar-refractivity contribution < 1.29 is 24.0 Å². The van der Waals surface area contributed by atoms with Crippen LogP contribution in [0.25, 0.3) is 0 Å². The van der Waals surface area contributed by atoms with Crippen LogP contribution in [-0.2, 0) is 24.0 Å². The van der Waals surface area contributed by atoms with Crippen molar-refractivity contribution >= 4 is 143 Å². The lowest BCUT2D eigenvalue weighted by molar-refractivity contribution is -0.111. The average Bonchev–Trinajstić information content (AvgIpc) is 3.03. The highest BCUT2D eigenvalue weighted by Gasteiger charge is 2.14. The molecule has 0 aromatic carbocycles. The van der Waals surface area contributed by atoms with Crippen molar-refractivity contribution in [1.82, 2.24) is 0 Å². The van der Waals surface area contributed by atoms with E-state index in [0.717, 1.165) is 69.0 Å². The standard InChI is InChI=1S/C29H42O5S10/c1-5-25(30)40-14-13-37-20-24(22-44-28(33)8-4)39-16-18-42-29(34)9-10-35-11-12-36-19-23(21-43-27(32)7-3)38-15-17-41-26(31)6-2/h5-8,23-24H,1-4,9-22H2. The topological polar surface area (TPSA) is 85.3 Å². The zero-order valence-electron chi connectivity index (χ0n) is 24.8. The van der Waals surface area contributed by atoms with Gasteiger partial charge < -0.3 is 0 Å². The Bertz CT molecular complexity index is 915. The third-order valence-corrected chi connectivity index (χ3v) is 17.1. The van der Waals surface area contributed by atoms with Gasteiger partial charge in [-0.1, -0.05) is 85.1 Å². The van der Waals surface area contributed by atoms with Crippen molar-refractivity contribution in [3.05, 3.63) is 50.6 Å². The first-order valence-electron chi connectivity index (χ1n) is 13.5. The van der Waals surface area contributed by atoms with E-state index >= 15 is 0 Å². The van der Waals surface area contributed by atoms with Gasteiger partial charge in [0, 0.05) is 91.7 Å². The number of rotatable bonds is 29. The molecule has 0 fully saturated rings. The van der Waals surface area contributed by atoms with Crippen LogP contribution < -0.4 is 0 Å². The Morgan fingerprint density at radius 2 is 0.818 bits per heavy atom. The van der Waals surface area contributed by atoms with E-state index in [2.05, 4.69) is 26.3 Å².